The van der Waals surface area contributed by atoms with Gasteiger partial charge in [0.15, 0.2) is 0 Å². The van der Waals surface area contributed by atoms with Crippen molar-refractivity contribution in [1.82, 2.24) is 4.98 Å². The molecule has 1 atom stereocenters. The lowest BCUT2D eigenvalue weighted by Crippen LogP contribution is -2.10. The molecule has 0 aliphatic rings. The third-order valence-electron chi connectivity index (χ3n) is 3.00. The highest BCUT2D eigenvalue weighted by atomic mass is 35.5. The van der Waals surface area contributed by atoms with Gasteiger partial charge in [0.1, 0.15) is 0 Å². The van der Waals surface area contributed by atoms with E-state index in [2.05, 4.69) is 11.1 Å². The second kappa shape index (κ2) is 7.14. The number of aromatic nitrogens is 1. The minimum Gasteiger partial charge on any atom is -0.263 e. The highest BCUT2D eigenvalue weighted by Gasteiger charge is 2.12. The normalized spacial score (nSPS) is 12.4. The Labute approximate surface area is 128 Å². The van der Waals surface area contributed by atoms with E-state index in [1.165, 1.54) is 5.56 Å². The Bertz CT molecular complexity index is 542. The Hall–Kier alpha value is -0.760. The van der Waals surface area contributed by atoms with Gasteiger partial charge in [-0.05, 0) is 48.1 Å². The second-order valence-corrected chi connectivity index (χ2v) is 5.68. The van der Waals surface area contributed by atoms with E-state index in [-0.39, 0.29) is 0 Å². The Morgan fingerprint density at radius 2 is 1.95 bits per heavy atom. The summed E-state index contributed by atoms with van der Waals surface area (Å²) in [6.07, 6.45) is 5.16. The molecule has 100 valence electrons. The van der Waals surface area contributed by atoms with Crippen LogP contribution in [0.15, 0.2) is 42.7 Å². The molecule has 1 unspecified atom stereocenters. The van der Waals surface area contributed by atoms with Crippen molar-refractivity contribution in [2.45, 2.75) is 12.8 Å². The molecule has 2 aromatic rings. The molecule has 0 saturated heterocycles. The molecule has 1 aromatic carbocycles. The van der Waals surface area contributed by atoms with Crippen molar-refractivity contribution >= 4 is 34.8 Å². The van der Waals surface area contributed by atoms with Gasteiger partial charge >= 0.3 is 0 Å². The maximum atomic E-state index is 6.13. The third kappa shape index (κ3) is 4.38. The lowest BCUT2D eigenvalue weighted by Gasteiger charge is -2.15. The Morgan fingerprint density at radius 3 is 2.63 bits per heavy atom. The van der Waals surface area contributed by atoms with E-state index >= 15 is 0 Å². The van der Waals surface area contributed by atoms with Gasteiger partial charge in [-0.1, -0.05) is 35.3 Å². The van der Waals surface area contributed by atoms with E-state index in [4.69, 9.17) is 34.8 Å². The molecule has 1 heterocycles. The summed E-state index contributed by atoms with van der Waals surface area (Å²) in [6.45, 7) is 0. The van der Waals surface area contributed by atoms with Gasteiger partial charge in [0.05, 0.1) is 5.02 Å². The molecular formula is C15H14Cl3N. The molecule has 2 rings (SSSR count). The molecule has 0 N–H and O–H groups in total. The fourth-order valence-electron chi connectivity index (χ4n) is 2.06. The van der Waals surface area contributed by atoms with E-state index in [9.17, 15) is 0 Å². The van der Waals surface area contributed by atoms with Crippen molar-refractivity contribution < 1.29 is 0 Å². The van der Waals surface area contributed by atoms with Crippen LogP contribution in [0.5, 0.6) is 0 Å². The molecule has 0 amide bonds. The summed E-state index contributed by atoms with van der Waals surface area (Å²) < 4.78 is 0. The monoisotopic (exact) mass is 313 g/mol. The molecule has 0 spiro atoms. The van der Waals surface area contributed by atoms with Crippen LogP contribution in [0.2, 0.25) is 10.0 Å². The summed E-state index contributed by atoms with van der Waals surface area (Å²) in [4.78, 5) is 3.99. The lowest BCUT2D eigenvalue weighted by atomic mass is 9.94. The lowest BCUT2D eigenvalue weighted by molar-refractivity contribution is 0.584. The molecular weight excluding hydrogens is 301 g/mol. The first-order chi connectivity index (χ1) is 9.19. The Balaban J connectivity index is 2.07. The Kier molecular flexibility index (Phi) is 5.50. The maximum absolute atomic E-state index is 6.13. The average Bonchev–Trinajstić information content (AvgIpc) is 2.40. The summed E-state index contributed by atoms with van der Waals surface area (Å²) in [5, 5.41) is 1.46. The molecule has 1 aromatic heterocycles. The molecule has 1 nitrogen and oxygen atoms in total. The van der Waals surface area contributed by atoms with Gasteiger partial charge in [0, 0.05) is 23.3 Å². The number of rotatable bonds is 5. The van der Waals surface area contributed by atoms with Gasteiger partial charge in [-0.3, -0.25) is 4.98 Å². The van der Waals surface area contributed by atoms with Crippen LogP contribution in [0.4, 0.5) is 0 Å². The fraction of sp³-hybridized carbons (Fsp3) is 0.267. The zero-order chi connectivity index (χ0) is 13.7. The van der Waals surface area contributed by atoms with Crippen molar-refractivity contribution in [3.63, 3.8) is 0 Å². The molecule has 0 bridgehead atoms. The summed E-state index contributed by atoms with van der Waals surface area (Å²) >= 11 is 18.2. The molecule has 4 heteroatoms. The van der Waals surface area contributed by atoms with Crippen molar-refractivity contribution in [2.75, 3.05) is 5.88 Å². The molecule has 0 aliphatic carbocycles. The number of nitrogens with zero attached hydrogens (tertiary/aromatic N) is 1. The van der Waals surface area contributed by atoms with Gasteiger partial charge in [-0.15, -0.1) is 11.6 Å². The highest BCUT2D eigenvalue weighted by Crippen LogP contribution is 2.22. The fourth-order valence-corrected chi connectivity index (χ4v) is 2.69. The molecule has 0 saturated carbocycles. The first-order valence-corrected chi connectivity index (χ1v) is 7.37. The topological polar surface area (TPSA) is 12.9 Å². The first kappa shape index (κ1) is 14.6. The number of alkyl halides is 1. The van der Waals surface area contributed by atoms with E-state index in [1.807, 2.05) is 24.3 Å². The molecule has 19 heavy (non-hydrogen) atoms. The number of hydrogen-bond acceptors (Lipinski definition) is 1. The average molecular weight is 315 g/mol. The van der Waals surface area contributed by atoms with Crippen molar-refractivity contribution in [2.24, 2.45) is 5.92 Å². The maximum Gasteiger partial charge on any atom is 0.0621 e. The van der Waals surface area contributed by atoms with E-state index in [1.54, 1.807) is 12.4 Å². The standard InChI is InChI=1S/C15H14Cl3N/c16-9-12(6-11-2-1-3-14(17)8-11)7-13-4-5-19-10-15(13)18/h1-5,8,10,12H,6-7,9H2. The van der Waals surface area contributed by atoms with Crippen LogP contribution in [0, 0.1) is 5.92 Å². The highest BCUT2D eigenvalue weighted by molar-refractivity contribution is 6.31. The molecule has 0 aliphatic heterocycles. The quantitative estimate of drug-likeness (QED) is 0.705. The van der Waals surface area contributed by atoms with Gasteiger partial charge in [-0.25, -0.2) is 0 Å². The van der Waals surface area contributed by atoms with Crippen LogP contribution in [0.1, 0.15) is 11.1 Å². The first-order valence-electron chi connectivity index (χ1n) is 6.08. The molecule has 0 radical (unpaired) electrons. The van der Waals surface area contributed by atoms with Gasteiger partial charge in [-0.2, -0.15) is 0 Å². The number of hydrogen-bond donors (Lipinski definition) is 0. The predicted molar refractivity (Wildman–Crippen MR) is 82.3 cm³/mol. The third-order valence-corrected chi connectivity index (χ3v) is 4.01. The zero-order valence-electron chi connectivity index (χ0n) is 10.3. The van der Waals surface area contributed by atoms with E-state index < -0.39 is 0 Å². The summed E-state index contributed by atoms with van der Waals surface area (Å²) in [5.41, 5.74) is 2.28. The molecule has 0 fully saturated rings. The predicted octanol–water partition coefficient (Wildman–Crippen LogP) is 5.03. The van der Waals surface area contributed by atoms with Crippen LogP contribution in [-0.2, 0) is 12.8 Å². The summed E-state index contributed by atoms with van der Waals surface area (Å²) in [6, 6.07) is 9.83. The largest absolute Gasteiger partial charge is 0.263 e. The second-order valence-electron chi connectivity index (χ2n) is 4.53. The van der Waals surface area contributed by atoms with Crippen molar-refractivity contribution in [3.8, 4) is 0 Å². The van der Waals surface area contributed by atoms with Gasteiger partial charge in [0.2, 0.25) is 0 Å². The summed E-state index contributed by atoms with van der Waals surface area (Å²) in [5.74, 6) is 0.922. The number of benzene rings is 1. The number of pyridine rings is 1. The van der Waals surface area contributed by atoms with Crippen LogP contribution in [0.25, 0.3) is 0 Å². The van der Waals surface area contributed by atoms with Crippen molar-refractivity contribution in [3.05, 3.63) is 63.9 Å². The van der Waals surface area contributed by atoms with Crippen molar-refractivity contribution in [1.29, 1.82) is 0 Å². The minimum atomic E-state index is 0.333. The Morgan fingerprint density at radius 1 is 1.11 bits per heavy atom. The van der Waals surface area contributed by atoms with Crippen LogP contribution in [-0.4, -0.2) is 10.9 Å². The van der Waals surface area contributed by atoms with Crippen LogP contribution < -0.4 is 0 Å². The zero-order valence-corrected chi connectivity index (χ0v) is 12.6. The van der Waals surface area contributed by atoms with Crippen LogP contribution in [0.3, 0.4) is 0 Å². The van der Waals surface area contributed by atoms with Gasteiger partial charge < -0.3 is 0 Å². The van der Waals surface area contributed by atoms with E-state index in [0.29, 0.717) is 16.8 Å². The summed E-state index contributed by atoms with van der Waals surface area (Å²) in [7, 11) is 0. The smallest absolute Gasteiger partial charge is 0.0621 e. The van der Waals surface area contributed by atoms with E-state index in [0.717, 1.165) is 23.4 Å². The van der Waals surface area contributed by atoms with Crippen LogP contribution >= 0.6 is 34.8 Å². The van der Waals surface area contributed by atoms with Gasteiger partial charge in [0.25, 0.3) is 0 Å². The minimum absolute atomic E-state index is 0.333. The SMILES string of the molecule is ClCC(Cc1cccc(Cl)c1)Cc1ccncc1Cl. The number of halogens is 3.